The second kappa shape index (κ2) is 4.59. The molecule has 2 rings (SSSR count). The van der Waals surface area contributed by atoms with Crippen LogP contribution in [0, 0.1) is 5.92 Å². The largest absolute Gasteiger partial charge is 0.463 e. The summed E-state index contributed by atoms with van der Waals surface area (Å²) in [5, 5.41) is 6.71. The van der Waals surface area contributed by atoms with Crippen molar-refractivity contribution in [1.29, 1.82) is 0 Å². The minimum Gasteiger partial charge on any atom is -0.463 e. The summed E-state index contributed by atoms with van der Waals surface area (Å²) in [5.74, 6) is 0.165. The first-order chi connectivity index (χ1) is 7.40. The van der Waals surface area contributed by atoms with Gasteiger partial charge in [-0.1, -0.05) is 24.3 Å². The van der Waals surface area contributed by atoms with E-state index >= 15 is 0 Å². The average Bonchev–Trinajstić information content (AvgIpc) is 2.89. The summed E-state index contributed by atoms with van der Waals surface area (Å²) in [6, 6.07) is 1.88. The van der Waals surface area contributed by atoms with E-state index in [9.17, 15) is 4.79 Å². The highest BCUT2D eigenvalue weighted by Crippen LogP contribution is 2.19. The van der Waals surface area contributed by atoms with Gasteiger partial charge >= 0.3 is 0 Å². The molecule has 0 bridgehead atoms. The lowest BCUT2D eigenvalue weighted by molar-refractivity contribution is -0.134. The zero-order valence-electron chi connectivity index (χ0n) is 8.17. The Balaban J connectivity index is 2.02. The molecule has 1 N–H and O–H groups in total. The number of nitrogens with one attached hydrogen (secondary N) is 1. The van der Waals surface area contributed by atoms with Gasteiger partial charge in [0.25, 0.3) is 6.47 Å². The summed E-state index contributed by atoms with van der Waals surface area (Å²) in [4.78, 5) is 10.4. The maximum absolute atomic E-state index is 10.4. The minimum atomic E-state index is -0.155. The van der Waals surface area contributed by atoms with E-state index in [1.54, 1.807) is 6.20 Å². The van der Waals surface area contributed by atoms with E-state index in [1.165, 1.54) is 0 Å². The van der Waals surface area contributed by atoms with E-state index in [0.29, 0.717) is 12.9 Å². The number of carbonyl (C=O) groups excluding carboxylic acids is 1. The molecule has 0 saturated carbocycles. The highest BCUT2D eigenvalue weighted by molar-refractivity contribution is 5.38. The van der Waals surface area contributed by atoms with Crippen molar-refractivity contribution < 1.29 is 9.53 Å². The average molecular weight is 204 g/mol. The molecular formula is C11H12N2O2. The van der Waals surface area contributed by atoms with Gasteiger partial charge in [0.1, 0.15) is 6.10 Å². The van der Waals surface area contributed by atoms with Gasteiger partial charge in [-0.05, 0) is 6.07 Å². The Bertz CT molecular complexity index is 356. The number of ether oxygens (including phenoxy) is 1. The van der Waals surface area contributed by atoms with E-state index in [4.69, 9.17) is 4.74 Å². The quantitative estimate of drug-likeness (QED) is 0.734. The number of hydrogen-bond acceptors (Lipinski definition) is 3. The van der Waals surface area contributed by atoms with Crippen molar-refractivity contribution in [3.63, 3.8) is 0 Å². The third-order valence-corrected chi connectivity index (χ3v) is 2.42. The van der Waals surface area contributed by atoms with Gasteiger partial charge in [0.05, 0.1) is 0 Å². The third kappa shape index (κ3) is 2.34. The predicted octanol–water partition coefficient (Wildman–Crippen LogP) is 1.24. The second-order valence-corrected chi connectivity index (χ2v) is 3.40. The number of hydrogen-bond donors (Lipinski definition) is 1. The Hall–Kier alpha value is -1.84. The van der Waals surface area contributed by atoms with Crippen LogP contribution in [0.15, 0.2) is 36.6 Å². The molecular weight excluding hydrogens is 192 g/mol. The fourth-order valence-corrected chi connectivity index (χ4v) is 1.66. The van der Waals surface area contributed by atoms with E-state index in [2.05, 4.69) is 10.2 Å². The van der Waals surface area contributed by atoms with Gasteiger partial charge in [-0.25, -0.2) is 0 Å². The highest BCUT2D eigenvalue weighted by atomic mass is 16.5. The molecule has 78 valence electrons. The van der Waals surface area contributed by atoms with Gasteiger partial charge in [-0.2, -0.15) is 5.10 Å². The van der Waals surface area contributed by atoms with E-state index in [-0.39, 0.29) is 12.0 Å². The lowest BCUT2D eigenvalue weighted by Crippen LogP contribution is -2.23. The van der Waals surface area contributed by atoms with Crippen LogP contribution in [0.25, 0.3) is 0 Å². The molecule has 1 aromatic rings. The molecule has 1 aromatic heterocycles. The Morgan fingerprint density at radius 3 is 2.93 bits per heavy atom. The van der Waals surface area contributed by atoms with Crippen LogP contribution in [0.2, 0.25) is 0 Å². The lowest BCUT2D eigenvalue weighted by atomic mass is 10.00. The molecule has 1 heterocycles. The summed E-state index contributed by atoms with van der Waals surface area (Å²) >= 11 is 0. The number of nitrogens with zero attached hydrogens (tertiary/aromatic N) is 1. The molecule has 0 aromatic carbocycles. The Morgan fingerprint density at radius 1 is 1.53 bits per heavy atom. The first-order valence-electron chi connectivity index (χ1n) is 4.82. The number of carbonyl (C=O) groups is 1. The Kier molecular flexibility index (Phi) is 2.97. The van der Waals surface area contributed by atoms with Crippen molar-refractivity contribution >= 4 is 6.47 Å². The number of aromatic amines is 1. The first-order valence-corrected chi connectivity index (χ1v) is 4.82. The molecule has 1 aliphatic carbocycles. The van der Waals surface area contributed by atoms with Gasteiger partial charge < -0.3 is 4.74 Å². The SMILES string of the molecule is O=COC(Cc1ccn[nH]1)C1C=CC=C1. The van der Waals surface area contributed by atoms with Crippen LogP contribution in [-0.4, -0.2) is 22.8 Å². The summed E-state index contributed by atoms with van der Waals surface area (Å²) < 4.78 is 5.07. The summed E-state index contributed by atoms with van der Waals surface area (Å²) in [6.45, 7) is 0.501. The standard InChI is InChI=1S/C11H12N2O2/c14-8-15-11(9-3-1-2-4-9)7-10-5-6-12-13-10/h1-6,8-9,11H,7H2,(H,12,13). The van der Waals surface area contributed by atoms with Gasteiger partial charge in [0, 0.05) is 24.2 Å². The smallest absolute Gasteiger partial charge is 0.293 e. The van der Waals surface area contributed by atoms with Crippen molar-refractivity contribution in [2.45, 2.75) is 12.5 Å². The second-order valence-electron chi connectivity index (χ2n) is 3.40. The monoisotopic (exact) mass is 204 g/mol. The summed E-state index contributed by atoms with van der Waals surface area (Å²) in [5.41, 5.74) is 0.968. The Labute approximate surface area is 87.6 Å². The molecule has 0 saturated heterocycles. The van der Waals surface area contributed by atoms with Crippen molar-refractivity contribution in [2.75, 3.05) is 0 Å². The molecule has 4 heteroatoms. The minimum absolute atomic E-state index is 0.155. The number of aromatic nitrogens is 2. The summed E-state index contributed by atoms with van der Waals surface area (Å²) in [7, 11) is 0. The van der Waals surface area contributed by atoms with Crippen molar-refractivity contribution in [3.05, 3.63) is 42.3 Å². The van der Waals surface area contributed by atoms with Gasteiger partial charge in [0.15, 0.2) is 0 Å². The number of H-pyrrole nitrogens is 1. The number of allylic oxidation sites excluding steroid dienone is 2. The van der Waals surface area contributed by atoms with Crippen LogP contribution in [0.4, 0.5) is 0 Å². The molecule has 0 spiro atoms. The molecule has 0 amide bonds. The van der Waals surface area contributed by atoms with Gasteiger partial charge in [-0.3, -0.25) is 9.89 Å². The zero-order valence-corrected chi connectivity index (χ0v) is 8.17. The van der Waals surface area contributed by atoms with Crippen LogP contribution in [0.3, 0.4) is 0 Å². The van der Waals surface area contributed by atoms with Crippen LogP contribution >= 0.6 is 0 Å². The van der Waals surface area contributed by atoms with Crippen LogP contribution in [-0.2, 0) is 16.0 Å². The molecule has 4 nitrogen and oxygen atoms in total. The zero-order chi connectivity index (χ0) is 10.5. The molecule has 0 aliphatic heterocycles. The highest BCUT2D eigenvalue weighted by Gasteiger charge is 2.20. The topological polar surface area (TPSA) is 55.0 Å². The van der Waals surface area contributed by atoms with Crippen molar-refractivity contribution in [3.8, 4) is 0 Å². The van der Waals surface area contributed by atoms with E-state index in [1.807, 2.05) is 30.4 Å². The molecule has 15 heavy (non-hydrogen) atoms. The fraction of sp³-hybridized carbons (Fsp3) is 0.273. The normalized spacial score (nSPS) is 16.8. The van der Waals surface area contributed by atoms with Gasteiger partial charge in [-0.15, -0.1) is 0 Å². The molecule has 1 aliphatic rings. The van der Waals surface area contributed by atoms with E-state index in [0.717, 1.165) is 5.69 Å². The van der Waals surface area contributed by atoms with Crippen LogP contribution in [0.1, 0.15) is 5.69 Å². The first kappa shape index (κ1) is 9.71. The molecule has 1 atom stereocenters. The Morgan fingerprint density at radius 2 is 2.33 bits per heavy atom. The third-order valence-electron chi connectivity index (χ3n) is 2.42. The molecule has 0 radical (unpaired) electrons. The molecule has 0 fully saturated rings. The predicted molar refractivity (Wildman–Crippen MR) is 55.0 cm³/mol. The lowest BCUT2D eigenvalue weighted by Gasteiger charge is -2.18. The van der Waals surface area contributed by atoms with Crippen molar-refractivity contribution in [1.82, 2.24) is 10.2 Å². The fourth-order valence-electron chi connectivity index (χ4n) is 1.66. The van der Waals surface area contributed by atoms with Crippen molar-refractivity contribution in [2.24, 2.45) is 5.92 Å². The van der Waals surface area contributed by atoms with Crippen LogP contribution < -0.4 is 0 Å². The summed E-state index contributed by atoms with van der Waals surface area (Å²) in [6.07, 6.45) is 10.1. The van der Waals surface area contributed by atoms with E-state index < -0.39 is 0 Å². The van der Waals surface area contributed by atoms with Gasteiger partial charge in [0.2, 0.25) is 0 Å². The molecule has 1 unspecified atom stereocenters. The maximum atomic E-state index is 10.4. The maximum Gasteiger partial charge on any atom is 0.293 e. The van der Waals surface area contributed by atoms with Crippen LogP contribution in [0.5, 0.6) is 0 Å². The number of rotatable bonds is 5.